The Labute approximate surface area is 491 Å². The third-order valence-electron chi connectivity index (χ3n) is 12.7. The second-order valence-corrected chi connectivity index (χ2v) is 21.7. The van der Waals surface area contributed by atoms with Gasteiger partial charge in [0.2, 0.25) is 76.8 Å². The maximum Gasteiger partial charge on any atom is 0.446 e. The number of rotatable bonds is 36. The van der Waals surface area contributed by atoms with Crippen LogP contribution < -0.4 is 69.2 Å². The number of nitrogens with zero attached hydrogens (tertiary/aromatic N) is 2. The van der Waals surface area contributed by atoms with Crippen LogP contribution in [0, 0.1) is 11.8 Å². The summed E-state index contributed by atoms with van der Waals surface area (Å²) in [4.78, 5) is 175. The van der Waals surface area contributed by atoms with Gasteiger partial charge in [0.15, 0.2) is 0 Å². The van der Waals surface area contributed by atoms with E-state index in [-0.39, 0.29) is 62.7 Å². The molecule has 1 aliphatic heterocycles. The van der Waals surface area contributed by atoms with E-state index in [0.29, 0.717) is 5.56 Å². The Bertz CT molecular complexity index is 2620. The number of nitrogens with one attached hydrogen (secondary N) is 9. The lowest BCUT2D eigenvalue weighted by Crippen LogP contribution is -2.63. The van der Waals surface area contributed by atoms with Crippen molar-refractivity contribution in [2.75, 3.05) is 37.9 Å². The van der Waals surface area contributed by atoms with E-state index < -0.39 is 180 Å². The second kappa shape index (κ2) is 35.0. The lowest BCUT2D eigenvalue weighted by atomic mass is 9.96. The van der Waals surface area contributed by atoms with Crippen molar-refractivity contribution in [1.29, 1.82) is 0 Å². The Morgan fingerprint density at radius 1 is 0.723 bits per heavy atom. The van der Waals surface area contributed by atoms with Crippen molar-refractivity contribution in [3.05, 3.63) is 29.8 Å². The molecular formula is C49H78N14O17S3. The first kappa shape index (κ1) is 71.8. The summed E-state index contributed by atoms with van der Waals surface area (Å²) < 4.78 is 36.2. The zero-order valence-electron chi connectivity index (χ0n) is 46.9. The van der Waals surface area contributed by atoms with Crippen molar-refractivity contribution >= 4 is 112 Å². The number of carbonyl (C=O) groups is 13. The largest absolute Gasteiger partial charge is 0.446 e. The highest BCUT2D eigenvalue weighted by atomic mass is 32.3. The molecule has 34 heteroatoms. The van der Waals surface area contributed by atoms with Crippen LogP contribution in [0.5, 0.6) is 5.75 Å². The number of benzene rings is 1. The molecule has 1 heterocycles. The second-order valence-electron chi connectivity index (χ2n) is 19.9. The Balaban J connectivity index is 2.58. The summed E-state index contributed by atoms with van der Waals surface area (Å²) in [6.45, 7) is 7.70. The van der Waals surface area contributed by atoms with Gasteiger partial charge in [0.1, 0.15) is 48.0 Å². The van der Waals surface area contributed by atoms with Crippen molar-refractivity contribution in [3.63, 3.8) is 0 Å². The van der Waals surface area contributed by atoms with E-state index in [0.717, 1.165) is 28.9 Å². The molecule has 2 rings (SSSR count). The van der Waals surface area contributed by atoms with Gasteiger partial charge in [-0.2, -0.15) is 33.7 Å². The van der Waals surface area contributed by atoms with Gasteiger partial charge < -0.3 is 73.7 Å². The maximum absolute atomic E-state index is 14.7. The highest BCUT2D eigenvalue weighted by Crippen LogP contribution is 2.23. The quantitative estimate of drug-likeness (QED) is 0.0170. The number of likely N-dealkylation sites (tertiary alicyclic amines) is 1. The highest BCUT2D eigenvalue weighted by Gasteiger charge is 2.43. The van der Waals surface area contributed by atoms with E-state index in [1.54, 1.807) is 27.7 Å². The minimum atomic E-state index is -4.91. The summed E-state index contributed by atoms with van der Waals surface area (Å²) in [6, 6.07) is -6.87. The van der Waals surface area contributed by atoms with Crippen LogP contribution in [0.3, 0.4) is 0 Å². The lowest BCUT2D eigenvalue weighted by Gasteiger charge is -2.36. The smallest absolute Gasteiger partial charge is 0.370 e. The average Bonchev–Trinajstić information content (AvgIpc) is 4.16. The first-order chi connectivity index (χ1) is 38.8. The molecule has 16 N–H and O–H groups in total. The zero-order valence-corrected chi connectivity index (χ0v) is 49.5. The van der Waals surface area contributed by atoms with Gasteiger partial charge in [-0.1, -0.05) is 46.2 Å². The lowest BCUT2D eigenvalue weighted by molar-refractivity contribution is -0.150. The van der Waals surface area contributed by atoms with Gasteiger partial charge in [-0.05, 0) is 55.2 Å². The summed E-state index contributed by atoms with van der Waals surface area (Å²) >= 11 is 8.55. The predicted octanol–water partition coefficient (Wildman–Crippen LogP) is -5.14. The van der Waals surface area contributed by atoms with Crippen molar-refractivity contribution in [2.24, 2.45) is 29.0 Å². The fourth-order valence-corrected chi connectivity index (χ4v) is 9.32. The van der Waals surface area contributed by atoms with Crippen molar-refractivity contribution in [1.82, 2.24) is 57.7 Å². The Morgan fingerprint density at radius 3 is 1.84 bits per heavy atom. The number of nitrogens with two attached hydrogens (primary N) is 3. The maximum atomic E-state index is 14.7. The summed E-state index contributed by atoms with van der Waals surface area (Å²) in [7, 11) is -4.91. The van der Waals surface area contributed by atoms with E-state index in [1.165, 1.54) is 19.1 Å². The van der Waals surface area contributed by atoms with Crippen LogP contribution in [-0.2, 0) is 79.1 Å². The van der Waals surface area contributed by atoms with Crippen LogP contribution >= 0.6 is 25.3 Å². The van der Waals surface area contributed by atoms with Crippen LogP contribution in [0.4, 0.5) is 0 Å². The number of hydrogen-bond acceptors (Lipinski definition) is 19. The van der Waals surface area contributed by atoms with Crippen LogP contribution in [0.1, 0.15) is 92.1 Å². The molecule has 1 aromatic carbocycles. The molecule has 83 heavy (non-hydrogen) atoms. The molecule has 0 radical (unpaired) electrons. The van der Waals surface area contributed by atoms with Gasteiger partial charge in [0.25, 0.3) is 0 Å². The van der Waals surface area contributed by atoms with Crippen molar-refractivity contribution in [3.8, 4) is 5.75 Å². The monoisotopic (exact) mass is 1230 g/mol. The topological polar surface area (TPSA) is 478 Å². The van der Waals surface area contributed by atoms with E-state index in [1.807, 2.05) is 0 Å². The average molecular weight is 1230 g/mol. The predicted molar refractivity (Wildman–Crippen MR) is 303 cm³/mol. The minimum absolute atomic E-state index is 0.0249. The van der Waals surface area contributed by atoms with E-state index in [4.69, 9.17) is 21.8 Å². The standard InChI is InChI=1S/C49H78N14O17S3/c1-7-26(4)41(61-44(71)33(58-45(72)35(21-81)55-23-54-27(5)64)18-29-10-12-30(13-11-29)80-83(77,78)79)47(74)57-31(14-15-38(50)66)43(70)60-34(19-39(51)67)48(75)63(24-56-28(6)65)37(22-82)49(76)62-16-8-9-36(62)46(73)59-32(17-25(2)3)42(69)53-20-40(52)68/h10-13,25-26,31-37,41,55,81-82H,7-9,14-24H2,1-6H3,(H2,50,66)(H2,51,67)(H2,52,68)(H,53,69)(H,54,64)(H,56,65)(H,57,74)(H,58,72)(H,59,73)(H,60,70)(H,61,71)(H,77,78,79)/t26-,31-,32-,33-,34-,35-,36-,37-,41-/m0/s1. The van der Waals surface area contributed by atoms with Crippen LogP contribution in [0.25, 0.3) is 0 Å². The fourth-order valence-electron chi connectivity index (χ4n) is 8.32. The number of primary amides is 3. The molecule has 31 nitrogen and oxygen atoms in total. The van der Waals surface area contributed by atoms with E-state index >= 15 is 0 Å². The van der Waals surface area contributed by atoms with E-state index in [9.17, 15) is 70.7 Å². The molecule has 0 unspecified atom stereocenters. The first-order valence-electron chi connectivity index (χ1n) is 26.3. The Kier molecular flexibility index (Phi) is 30.3. The molecule has 464 valence electrons. The minimum Gasteiger partial charge on any atom is -0.370 e. The zero-order chi connectivity index (χ0) is 62.9. The summed E-state index contributed by atoms with van der Waals surface area (Å²) in [5.41, 5.74) is 16.5. The van der Waals surface area contributed by atoms with Crippen LogP contribution in [-0.4, -0.2) is 186 Å². The van der Waals surface area contributed by atoms with Gasteiger partial charge >= 0.3 is 10.4 Å². The van der Waals surface area contributed by atoms with Crippen molar-refractivity contribution in [2.45, 2.75) is 141 Å². The summed E-state index contributed by atoms with van der Waals surface area (Å²) in [5.74, 6) is -13.3. The number of carbonyl (C=O) groups excluding carboxylic acids is 13. The van der Waals surface area contributed by atoms with Gasteiger partial charge in [0, 0.05) is 44.7 Å². The molecule has 0 spiro atoms. The SMILES string of the molecule is CC[C@H](C)[C@H](NC(=O)[C@H](Cc1ccc(OS(=O)(=O)O)cc1)NC(=O)[C@H](CS)NCNC(C)=O)C(=O)N[C@@H](CCC(N)=O)C(=O)N[C@@H](CC(N)=O)C(=O)N(CNC(C)=O)[C@@H](CS)C(=O)N1CCC[C@H]1C(=O)N[C@@H](CC(C)C)C(=O)NCC(N)=O. The number of hydrogen-bond donors (Lipinski definition) is 15. The number of thiol groups is 2. The van der Waals surface area contributed by atoms with Gasteiger partial charge in [-0.3, -0.25) is 72.2 Å². The molecule has 1 saturated heterocycles. The molecule has 1 aromatic rings. The summed E-state index contributed by atoms with van der Waals surface area (Å²) in [5, 5.41) is 22.6. The normalized spacial score (nSPS) is 15.9. The molecule has 0 saturated carbocycles. The molecular weight excluding hydrogens is 1150 g/mol. The van der Waals surface area contributed by atoms with Crippen LogP contribution in [0.2, 0.25) is 0 Å². The van der Waals surface area contributed by atoms with Gasteiger partial charge in [0.05, 0.1) is 32.3 Å². The van der Waals surface area contributed by atoms with Crippen LogP contribution in [0.15, 0.2) is 24.3 Å². The molecule has 0 aromatic heterocycles. The fraction of sp³-hybridized carbons (Fsp3) is 0.612. The van der Waals surface area contributed by atoms with E-state index in [2.05, 4.69) is 77.3 Å². The van der Waals surface area contributed by atoms with Crippen molar-refractivity contribution < 1.29 is 79.5 Å². The third-order valence-corrected chi connectivity index (χ3v) is 13.9. The molecule has 0 aliphatic carbocycles. The Morgan fingerprint density at radius 2 is 1.31 bits per heavy atom. The molecule has 13 amide bonds. The van der Waals surface area contributed by atoms with Gasteiger partial charge in [-0.15, -0.1) is 0 Å². The van der Waals surface area contributed by atoms with Gasteiger partial charge in [-0.25, -0.2) is 0 Å². The summed E-state index contributed by atoms with van der Waals surface area (Å²) in [6.07, 6.45) is -1.61. The highest BCUT2D eigenvalue weighted by molar-refractivity contribution is 7.81. The molecule has 1 fully saturated rings. The first-order valence-corrected chi connectivity index (χ1v) is 28.9. The number of amides is 13. The third kappa shape index (κ3) is 25.4. The molecule has 1 aliphatic rings. The molecule has 0 bridgehead atoms. The Hall–Kier alpha value is -7.30. The molecule has 9 atom stereocenters.